The van der Waals surface area contributed by atoms with E-state index in [0.717, 1.165) is 17.1 Å². The molecule has 5 heteroatoms. The second-order valence-electron chi connectivity index (χ2n) is 3.39. The van der Waals surface area contributed by atoms with Crippen molar-refractivity contribution in [1.29, 1.82) is 0 Å². The van der Waals surface area contributed by atoms with E-state index in [4.69, 9.17) is 4.74 Å². The van der Waals surface area contributed by atoms with Crippen molar-refractivity contribution in [1.82, 2.24) is 9.59 Å². The van der Waals surface area contributed by atoms with Crippen LogP contribution in [0.1, 0.15) is 20.9 Å². The molecule has 1 heterocycles. The summed E-state index contributed by atoms with van der Waals surface area (Å²) in [6, 6.07) is 7.34. The lowest BCUT2D eigenvalue weighted by molar-refractivity contribution is 0.0739. The van der Waals surface area contributed by atoms with Crippen LogP contribution in [0.5, 0.6) is 5.75 Å². The van der Waals surface area contributed by atoms with Crippen molar-refractivity contribution < 1.29 is 9.53 Å². The molecule has 0 N–H and O–H groups in total. The van der Waals surface area contributed by atoms with Gasteiger partial charge in [0.15, 0.2) is 4.88 Å². The number of esters is 1. The van der Waals surface area contributed by atoms with Crippen LogP contribution in [0.25, 0.3) is 0 Å². The fraction of sp³-hybridized carbons (Fsp3) is 0.182. The zero-order chi connectivity index (χ0) is 11.5. The Bertz CT molecular complexity index is 522. The molecule has 2 rings (SSSR count). The molecule has 82 valence electrons. The van der Waals surface area contributed by atoms with E-state index in [9.17, 15) is 4.79 Å². The van der Waals surface area contributed by atoms with Crippen LogP contribution < -0.4 is 4.74 Å². The Balaban J connectivity index is 2.17. The van der Waals surface area contributed by atoms with E-state index >= 15 is 0 Å². The third kappa shape index (κ3) is 2.25. The van der Waals surface area contributed by atoms with Gasteiger partial charge in [-0.2, -0.15) is 0 Å². The molecule has 1 aromatic carbocycles. The second kappa shape index (κ2) is 4.40. The van der Waals surface area contributed by atoms with E-state index in [-0.39, 0.29) is 0 Å². The first-order chi connectivity index (χ1) is 7.66. The van der Waals surface area contributed by atoms with Crippen LogP contribution in [-0.2, 0) is 0 Å². The Morgan fingerprint density at radius 3 is 2.81 bits per heavy atom. The summed E-state index contributed by atoms with van der Waals surface area (Å²) in [6.07, 6.45) is 0. The minimum Gasteiger partial charge on any atom is -0.422 e. The van der Waals surface area contributed by atoms with E-state index in [1.54, 1.807) is 13.0 Å². The van der Waals surface area contributed by atoms with Crippen molar-refractivity contribution in [2.75, 3.05) is 0 Å². The number of aromatic nitrogens is 2. The molecule has 0 aliphatic rings. The van der Waals surface area contributed by atoms with Gasteiger partial charge in [0.25, 0.3) is 0 Å². The highest BCUT2D eigenvalue weighted by Gasteiger charge is 2.15. The van der Waals surface area contributed by atoms with E-state index in [1.807, 2.05) is 25.1 Å². The van der Waals surface area contributed by atoms with Gasteiger partial charge in [0.1, 0.15) is 5.75 Å². The summed E-state index contributed by atoms with van der Waals surface area (Å²) in [5.74, 6) is 0.135. The number of nitrogens with zero attached hydrogens (tertiary/aromatic N) is 2. The summed E-state index contributed by atoms with van der Waals surface area (Å²) < 4.78 is 8.90. The Morgan fingerprint density at radius 2 is 2.19 bits per heavy atom. The molecular formula is C11H10N2O2S. The van der Waals surface area contributed by atoms with Gasteiger partial charge in [0, 0.05) is 0 Å². The molecule has 0 radical (unpaired) electrons. The Hall–Kier alpha value is -1.75. The largest absolute Gasteiger partial charge is 0.422 e. The highest BCUT2D eigenvalue weighted by Crippen LogP contribution is 2.16. The molecule has 0 unspecified atom stereocenters. The van der Waals surface area contributed by atoms with Crippen LogP contribution in [0, 0.1) is 13.8 Å². The van der Waals surface area contributed by atoms with E-state index < -0.39 is 5.97 Å². The quantitative estimate of drug-likeness (QED) is 0.591. The molecule has 16 heavy (non-hydrogen) atoms. The molecule has 0 fully saturated rings. The fourth-order valence-electron chi connectivity index (χ4n) is 1.25. The number of aryl methyl sites for hydroxylation is 2. The summed E-state index contributed by atoms with van der Waals surface area (Å²) in [6.45, 7) is 3.67. The van der Waals surface area contributed by atoms with Gasteiger partial charge in [-0.15, -0.1) is 5.10 Å². The highest BCUT2D eigenvalue weighted by atomic mass is 32.1. The summed E-state index contributed by atoms with van der Waals surface area (Å²) in [4.78, 5) is 12.2. The Kier molecular flexibility index (Phi) is 2.96. The minimum absolute atomic E-state index is 0.405. The third-order valence-electron chi connectivity index (χ3n) is 2.04. The lowest BCUT2D eigenvalue weighted by Gasteiger charge is -2.02. The molecule has 0 saturated carbocycles. The van der Waals surface area contributed by atoms with E-state index in [2.05, 4.69) is 9.59 Å². The molecule has 0 spiro atoms. The average Bonchev–Trinajstić information content (AvgIpc) is 2.64. The lowest BCUT2D eigenvalue weighted by Crippen LogP contribution is -2.08. The molecule has 4 nitrogen and oxygen atoms in total. The first-order valence-corrected chi connectivity index (χ1v) is 5.52. The van der Waals surface area contributed by atoms with Crippen molar-refractivity contribution in [3.8, 4) is 5.75 Å². The van der Waals surface area contributed by atoms with Crippen LogP contribution in [0.4, 0.5) is 0 Å². The van der Waals surface area contributed by atoms with Gasteiger partial charge in [-0.25, -0.2) is 4.79 Å². The molecule has 1 aromatic heterocycles. The fourth-order valence-corrected chi connectivity index (χ4v) is 1.79. The van der Waals surface area contributed by atoms with Gasteiger partial charge in [0.2, 0.25) is 0 Å². The topological polar surface area (TPSA) is 52.1 Å². The molecule has 0 bridgehead atoms. The predicted octanol–water partition coefficient (Wildman–Crippen LogP) is 2.37. The molecule has 0 aliphatic carbocycles. The maximum absolute atomic E-state index is 11.7. The molecule has 0 amide bonds. The van der Waals surface area contributed by atoms with Gasteiger partial charge in [-0.1, -0.05) is 16.6 Å². The van der Waals surface area contributed by atoms with Gasteiger partial charge >= 0.3 is 5.97 Å². The number of carbonyl (C=O) groups is 1. The maximum atomic E-state index is 11.7. The first kappa shape index (κ1) is 10.8. The zero-order valence-corrected chi connectivity index (χ0v) is 9.75. The Labute approximate surface area is 97.0 Å². The minimum atomic E-state index is -0.405. The van der Waals surface area contributed by atoms with E-state index in [1.165, 1.54) is 0 Å². The lowest BCUT2D eigenvalue weighted by atomic mass is 10.2. The van der Waals surface area contributed by atoms with Gasteiger partial charge in [-0.05, 0) is 43.1 Å². The van der Waals surface area contributed by atoms with Crippen LogP contribution in [0.3, 0.4) is 0 Å². The summed E-state index contributed by atoms with van der Waals surface area (Å²) in [5.41, 5.74) is 1.65. The number of benzene rings is 1. The Morgan fingerprint density at radius 1 is 1.38 bits per heavy atom. The summed E-state index contributed by atoms with van der Waals surface area (Å²) in [7, 11) is 0. The first-order valence-electron chi connectivity index (χ1n) is 4.74. The molecular weight excluding hydrogens is 224 g/mol. The maximum Gasteiger partial charge on any atom is 0.357 e. The van der Waals surface area contributed by atoms with Crippen LogP contribution in [0.2, 0.25) is 0 Å². The standard InChI is InChI=1S/C11H10N2O2S/c1-7-4-3-5-9(6-7)15-11(14)10-8(2)12-13-16-10/h3-6H,1-2H3. The monoisotopic (exact) mass is 234 g/mol. The summed E-state index contributed by atoms with van der Waals surface area (Å²) >= 11 is 1.05. The SMILES string of the molecule is Cc1cccc(OC(=O)c2snnc2C)c1. The number of ether oxygens (including phenoxy) is 1. The van der Waals surface area contributed by atoms with Crippen molar-refractivity contribution in [2.45, 2.75) is 13.8 Å². The van der Waals surface area contributed by atoms with Crippen molar-refractivity contribution >= 4 is 17.5 Å². The number of hydrogen-bond donors (Lipinski definition) is 0. The zero-order valence-electron chi connectivity index (χ0n) is 8.93. The van der Waals surface area contributed by atoms with Crippen molar-refractivity contribution in [3.63, 3.8) is 0 Å². The third-order valence-corrected chi connectivity index (χ3v) is 2.84. The molecule has 0 aliphatic heterocycles. The number of hydrogen-bond acceptors (Lipinski definition) is 5. The van der Waals surface area contributed by atoms with Crippen molar-refractivity contribution in [3.05, 3.63) is 40.4 Å². The second-order valence-corrected chi connectivity index (χ2v) is 4.15. The number of carbonyl (C=O) groups excluding carboxylic acids is 1. The summed E-state index contributed by atoms with van der Waals surface area (Å²) in [5, 5.41) is 3.76. The molecule has 0 saturated heterocycles. The van der Waals surface area contributed by atoms with Crippen molar-refractivity contribution in [2.24, 2.45) is 0 Å². The van der Waals surface area contributed by atoms with Crippen LogP contribution in [0.15, 0.2) is 24.3 Å². The van der Waals surface area contributed by atoms with Crippen LogP contribution in [-0.4, -0.2) is 15.6 Å². The van der Waals surface area contributed by atoms with Gasteiger partial charge in [0.05, 0.1) is 5.69 Å². The average molecular weight is 234 g/mol. The smallest absolute Gasteiger partial charge is 0.357 e. The number of rotatable bonds is 2. The van der Waals surface area contributed by atoms with Gasteiger partial charge < -0.3 is 4.74 Å². The predicted molar refractivity (Wildman–Crippen MR) is 60.8 cm³/mol. The van der Waals surface area contributed by atoms with Gasteiger partial charge in [-0.3, -0.25) is 0 Å². The van der Waals surface area contributed by atoms with Crippen LogP contribution >= 0.6 is 11.5 Å². The molecule has 2 aromatic rings. The molecule has 0 atom stereocenters. The highest BCUT2D eigenvalue weighted by molar-refractivity contribution is 7.07. The normalized spacial score (nSPS) is 10.1. The van der Waals surface area contributed by atoms with E-state index in [0.29, 0.717) is 16.3 Å².